The minimum atomic E-state index is -0.423. The zero-order valence-electron chi connectivity index (χ0n) is 16.0. The molecule has 142 valence electrons. The fourth-order valence-electron chi connectivity index (χ4n) is 3.48. The Kier molecular flexibility index (Phi) is 5.64. The van der Waals surface area contributed by atoms with Crippen LogP contribution in [0.5, 0.6) is 0 Å². The molecule has 1 saturated heterocycles. The van der Waals surface area contributed by atoms with Crippen molar-refractivity contribution in [3.63, 3.8) is 0 Å². The highest BCUT2D eigenvalue weighted by Gasteiger charge is 2.23. The molecule has 2 aromatic rings. The number of ether oxygens (including phenoxy) is 1. The van der Waals surface area contributed by atoms with Crippen molar-refractivity contribution in [2.24, 2.45) is 0 Å². The molecule has 2 amide bonds. The maximum absolute atomic E-state index is 12.6. The number of amides is 2. The first-order chi connectivity index (χ1) is 13.0. The van der Waals surface area contributed by atoms with Crippen LogP contribution < -0.4 is 10.2 Å². The average molecular weight is 367 g/mol. The molecular weight excluding hydrogens is 342 g/mol. The number of esters is 1. The fraction of sp³-hybridized carbons (Fsp3) is 0.333. The molecule has 0 aromatic heterocycles. The van der Waals surface area contributed by atoms with Crippen molar-refractivity contribution in [2.45, 2.75) is 13.8 Å². The lowest BCUT2D eigenvalue weighted by Crippen LogP contribution is -2.50. The normalized spacial score (nSPS) is 14.0. The number of carbonyl (C=O) groups is 2. The molecule has 1 fully saturated rings. The van der Waals surface area contributed by atoms with E-state index in [0.29, 0.717) is 24.3 Å². The molecule has 0 atom stereocenters. The van der Waals surface area contributed by atoms with Crippen LogP contribution in [0.3, 0.4) is 0 Å². The van der Waals surface area contributed by atoms with E-state index in [2.05, 4.69) is 42.3 Å². The third-order valence-corrected chi connectivity index (χ3v) is 4.86. The first kappa shape index (κ1) is 18.8. The minimum Gasteiger partial charge on any atom is -0.465 e. The summed E-state index contributed by atoms with van der Waals surface area (Å²) >= 11 is 0. The molecule has 0 spiro atoms. The number of nitrogens with one attached hydrogen (secondary N) is 1. The number of aryl methyl sites for hydroxylation is 2. The summed E-state index contributed by atoms with van der Waals surface area (Å²) in [7, 11) is 1.34. The number of anilines is 2. The summed E-state index contributed by atoms with van der Waals surface area (Å²) in [5.74, 6) is -0.423. The van der Waals surface area contributed by atoms with Gasteiger partial charge in [0.2, 0.25) is 0 Å². The number of para-hydroxylation sites is 1. The second-order valence-corrected chi connectivity index (χ2v) is 6.72. The van der Waals surface area contributed by atoms with Gasteiger partial charge in [0, 0.05) is 37.6 Å². The van der Waals surface area contributed by atoms with E-state index >= 15 is 0 Å². The molecule has 6 heteroatoms. The molecule has 3 rings (SSSR count). The number of nitrogens with zero attached hydrogens (tertiary/aromatic N) is 2. The Balaban J connectivity index is 1.61. The van der Waals surface area contributed by atoms with Gasteiger partial charge in [0.1, 0.15) is 0 Å². The smallest absolute Gasteiger partial charge is 0.337 e. The van der Waals surface area contributed by atoms with Gasteiger partial charge in [-0.05, 0) is 43.2 Å². The van der Waals surface area contributed by atoms with Gasteiger partial charge in [-0.3, -0.25) is 0 Å². The van der Waals surface area contributed by atoms with Gasteiger partial charge in [-0.2, -0.15) is 0 Å². The van der Waals surface area contributed by atoms with Gasteiger partial charge < -0.3 is 19.9 Å². The second kappa shape index (κ2) is 8.12. The third-order valence-electron chi connectivity index (χ3n) is 4.86. The Bertz CT molecular complexity index is 822. The van der Waals surface area contributed by atoms with E-state index < -0.39 is 5.97 Å². The molecule has 0 bridgehead atoms. The fourth-order valence-corrected chi connectivity index (χ4v) is 3.48. The van der Waals surface area contributed by atoms with Gasteiger partial charge in [-0.25, -0.2) is 9.59 Å². The number of urea groups is 1. The molecule has 2 aromatic carbocycles. The van der Waals surface area contributed by atoms with Crippen LogP contribution in [0, 0.1) is 13.8 Å². The van der Waals surface area contributed by atoms with Crippen LogP contribution >= 0.6 is 0 Å². The molecule has 1 N–H and O–H groups in total. The second-order valence-electron chi connectivity index (χ2n) is 6.72. The standard InChI is InChI=1S/C21H25N3O3/c1-15-6-4-7-16(2)19(15)23-10-12-24(13-11-23)21(26)22-18-9-5-8-17(14-18)20(25)27-3/h4-9,14H,10-13H2,1-3H3,(H,22,26). The largest absolute Gasteiger partial charge is 0.465 e. The monoisotopic (exact) mass is 367 g/mol. The molecule has 0 radical (unpaired) electrons. The lowest BCUT2D eigenvalue weighted by molar-refractivity contribution is 0.0600. The van der Waals surface area contributed by atoms with Gasteiger partial charge in [-0.1, -0.05) is 24.3 Å². The first-order valence-corrected chi connectivity index (χ1v) is 9.05. The van der Waals surface area contributed by atoms with Crippen molar-refractivity contribution in [3.05, 3.63) is 59.2 Å². The van der Waals surface area contributed by atoms with Crippen molar-refractivity contribution in [3.8, 4) is 0 Å². The lowest BCUT2D eigenvalue weighted by atomic mass is 10.1. The molecule has 1 aliphatic rings. The van der Waals surface area contributed by atoms with E-state index in [-0.39, 0.29) is 6.03 Å². The van der Waals surface area contributed by atoms with Crippen molar-refractivity contribution < 1.29 is 14.3 Å². The zero-order valence-corrected chi connectivity index (χ0v) is 16.0. The third kappa shape index (κ3) is 4.22. The van der Waals surface area contributed by atoms with Crippen molar-refractivity contribution in [2.75, 3.05) is 43.5 Å². The molecule has 1 heterocycles. The number of hydrogen-bond donors (Lipinski definition) is 1. The highest BCUT2D eigenvalue weighted by molar-refractivity contribution is 5.94. The summed E-state index contributed by atoms with van der Waals surface area (Å²) in [5, 5.41) is 2.87. The Labute approximate surface area is 159 Å². The van der Waals surface area contributed by atoms with E-state index in [1.165, 1.54) is 23.9 Å². The first-order valence-electron chi connectivity index (χ1n) is 9.05. The van der Waals surface area contributed by atoms with E-state index in [0.717, 1.165) is 13.1 Å². The lowest BCUT2D eigenvalue weighted by Gasteiger charge is -2.37. The summed E-state index contributed by atoms with van der Waals surface area (Å²) in [6.07, 6.45) is 0. The highest BCUT2D eigenvalue weighted by atomic mass is 16.5. The molecule has 0 aliphatic carbocycles. The molecule has 0 saturated carbocycles. The van der Waals surface area contributed by atoms with E-state index in [4.69, 9.17) is 4.74 Å². The van der Waals surface area contributed by atoms with E-state index in [1.807, 2.05) is 0 Å². The van der Waals surface area contributed by atoms with Gasteiger partial charge in [0.15, 0.2) is 0 Å². The summed E-state index contributed by atoms with van der Waals surface area (Å²) in [6, 6.07) is 12.9. The van der Waals surface area contributed by atoms with Gasteiger partial charge in [0.25, 0.3) is 0 Å². The van der Waals surface area contributed by atoms with Gasteiger partial charge >= 0.3 is 12.0 Å². The Morgan fingerprint density at radius 3 is 2.22 bits per heavy atom. The highest BCUT2D eigenvalue weighted by Crippen LogP contribution is 2.25. The van der Waals surface area contributed by atoms with Crippen molar-refractivity contribution in [1.29, 1.82) is 0 Å². The predicted octanol–water partition coefficient (Wildman–Crippen LogP) is 3.44. The summed E-state index contributed by atoms with van der Waals surface area (Å²) in [5.41, 5.74) is 4.78. The quantitative estimate of drug-likeness (QED) is 0.844. The maximum atomic E-state index is 12.6. The van der Waals surface area contributed by atoms with E-state index in [9.17, 15) is 9.59 Å². The van der Waals surface area contributed by atoms with Crippen molar-refractivity contribution >= 4 is 23.4 Å². The Morgan fingerprint density at radius 1 is 0.963 bits per heavy atom. The summed E-state index contributed by atoms with van der Waals surface area (Å²) in [6.45, 7) is 7.13. The average Bonchev–Trinajstić information content (AvgIpc) is 2.68. The molecule has 1 aliphatic heterocycles. The van der Waals surface area contributed by atoms with Crippen LogP contribution in [-0.4, -0.2) is 50.2 Å². The predicted molar refractivity (Wildman–Crippen MR) is 107 cm³/mol. The number of carbonyl (C=O) groups excluding carboxylic acids is 2. The number of benzene rings is 2. The maximum Gasteiger partial charge on any atom is 0.337 e. The molecule has 0 unspecified atom stereocenters. The van der Waals surface area contributed by atoms with E-state index in [1.54, 1.807) is 29.2 Å². The number of piperazine rings is 1. The van der Waals surface area contributed by atoms with Crippen LogP contribution in [0.2, 0.25) is 0 Å². The summed E-state index contributed by atoms with van der Waals surface area (Å²) in [4.78, 5) is 28.3. The van der Waals surface area contributed by atoms with Crippen LogP contribution in [0.25, 0.3) is 0 Å². The Hall–Kier alpha value is -3.02. The summed E-state index contributed by atoms with van der Waals surface area (Å²) < 4.78 is 4.72. The van der Waals surface area contributed by atoms with Crippen molar-refractivity contribution in [1.82, 2.24) is 4.90 Å². The Morgan fingerprint density at radius 2 is 1.59 bits per heavy atom. The van der Waals surface area contributed by atoms with Crippen LogP contribution in [0.4, 0.5) is 16.2 Å². The molecular formula is C21H25N3O3. The van der Waals surface area contributed by atoms with Gasteiger partial charge in [-0.15, -0.1) is 0 Å². The van der Waals surface area contributed by atoms with Gasteiger partial charge in [0.05, 0.1) is 12.7 Å². The minimum absolute atomic E-state index is 0.154. The molecule has 27 heavy (non-hydrogen) atoms. The zero-order chi connectivity index (χ0) is 19.4. The SMILES string of the molecule is COC(=O)c1cccc(NC(=O)N2CCN(c3c(C)cccc3C)CC2)c1. The topological polar surface area (TPSA) is 61.9 Å². The number of methoxy groups -OCH3 is 1. The number of hydrogen-bond acceptors (Lipinski definition) is 4. The van der Waals surface area contributed by atoms with Crippen LogP contribution in [0.15, 0.2) is 42.5 Å². The van der Waals surface area contributed by atoms with Crippen LogP contribution in [-0.2, 0) is 4.74 Å². The van der Waals surface area contributed by atoms with Crippen LogP contribution in [0.1, 0.15) is 21.5 Å². The molecule has 6 nitrogen and oxygen atoms in total. The number of rotatable bonds is 3.